The second-order valence-corrected chi connectivity index (χ2v) is 7.49. The lowest BCUT2D eigenvalue weighted by Crippen LogP contribution is -2.49. The standard InChI is InChI=1S/C20H31N3O3/c24-19(23-13-5-8-16-7-1-2-10-18(16)23)11-3-4-12-21-20(25)22-15-17-9-6-14-26-17/h6,9,14,16,18H,1-5,7-8,10-13,15H2,(H2,21,22,25). The van der Waals surface area contributed by atoms with Crippen LogP contribution in [0.5, 0.6) is 0 Å². The second-order valence-electron chi connectivity index (χ2n) is 7.49. The summed E-state index contributed by atoms with van der Waals surface area (Å²) in [5, 5.41) is 5.58. The third kappa shape index (κ3) is 5.26. The molecule has 0 bridgehead atoms. The molecule has 26 heavy (non-hydrogen) atoms. The maximum absolute atomic E-state index is 12.6. The summed E-state index contributed by atoms with van der Waals surface area (Å²) in [5.41, 5.74) is 0. The summed E-state index contributed by atoms with van der Waals surface area (Å²) in [6.45, 7) is 1.91. The highest BCUT2D eigenvalue weighted by molar-refractivity contribution is 5.76. The Kier molecular flexibility index (Phi) is 6.97. The number of rotatable bonds is 7. The Bertz CT molecular complexity index is 571. The van der Waals surface area contributed by atoms with Gasteiger partial charge in [-0.25, -0.2) is 4.79 Å². The van der Waals surface area contributed by atoms with Crippen LogP contribution in [0.3, 0.4) is 0 Å². The van der Waals surface area contributed by atoms with Gasteiger partial charge in [0.15, 0.2) is 0 Å². The van der Waals surface area contributed by atoms with Gasteiger partial charge in [0.05, 0.1) is 12.8 Å². The van der Waals surface area contributed by atoms with Gasteiger partial charge in [-0.15, -0.1) is 0 Å². The van der Waals surface area contributed by atoms with E-state index in [1.54, 1.807) is 12.3 Å². The van der Waals surface area contributed by atoms with E-state index < -0.39 is 0 Å². The number of furan rings is 1. The van der Waals surface area contributed by atoms with Crippen LogP contribution in [0.15, 0.2) is 22.8 Å². The zero-order chi connectivity index (χ0) is 18.2. The fourth-order valence-corrected chi connectivity index (χ4v) is 4.32. The number of carbonyl (C=O) groups excluding carboxylic acids is 2. The predicted octanol–water partition coefficient (Wildman–Crippen LogP) is 3.43. The highest BCUT2D eigenvalue weighted by atomic mass is 16.3. The van der Waals surface area contributed by atoms with E-state index in [2.05, 4.69) is 15.5 Å². The van der Waals surface area contributed by atoms with Gasteiger partial charge in [-0.1, -0.05) is 12.8 Å². The number of nitrogens with one attached hydrogen (secondary N) is 2. The van der Waals surface area contributed by atoms with Crippen molar-refractivity contribution in [2.75, 3.05) is 13.1 Å². The SMILES string of the molecule is O=C(NCCCCC(=O)N1CCCC2CCCCC21)NCc1ccco1. The van der Waals surface area contributed by atoms with Gasteiger partial charge in [-0.3, -0.25) is 4.79 Å². The van der Waals surface area contributed by atoms with Crippen molar-refractivity contribution in [1.29, 1.82) is 0 Å². The Balaban J connectivity index is 1.28. The van der Waals surface area contributed by atoms with E-state index in [4.69, 9.17) is 4.42 Å². The fraction of sp³-hybridized carbons (Fsp3) is 0.700. The van der Waals surface area contributed by atoms with Crippen LogP contribution in [0.1, 0.15) is 63.5 Å². The van der Waals surface area contributed by atoms with E-state index in [9.17, 15) is 9.59 Å². The molecule has 3 amide bonds. The van der Waals surface area contributed by atoms with E-state index in [0.29, 0.717) is 31.5 Å². The fourth-order valence-electron chi connectivity index (χ4n) is 4.32. The van der Waals surface area contributed by atoms with E-state index in [-0.39, 0.29) is 6.03 Å². The van der Waals surface area contributed by atoms with Crippen LogP contribution in [0, 0.1) is 5.92 Å². The molecule has 2 heterocycles. The molecule has 2 N–H and O–H groups in total. The first-order valence-electron chi connectivity index (χ1n) is 10.1. The molecule has 2 atom stereocenters. The molecule has 0 aromatic carbocycles. The molecule has 3 rings (SSSR count). The summed E-state index contributed by atoms with van der Waals surface area (Å²) in [6.07, 6.45) is 11.4. The number of fused-ring (bicyclic) bond motifs is 1. The topological polar surface area (TPSA) is 74.6 Å². The number of hydrogen-bond acceptors (Lipinski definition) is 3. The predicted molar refractivity (Wildman–Crippen MR) is 99.5 cm³/mol. The summed E-state index contributed by atoms with van der Waals surface area (Å²) in [6, 6.07) is 3.91. The lowest BCUT2D eigenvalue weighted by Gasteiger charge is -2.44. The molecule has 144 valence electrons. The Hall–Kier alpha value is -1.98. The number of hydrogen-bond donors (Lipinski definition) is 2. The van der Waals surface area contributed by atoms with Crippen molar-refractivity contribution in [3.63, 3.8) is 0 Å². The molecule has 1 aromatic heterocycles. The van der Waals surface area contributed by atoms with Gasteiger partial charge in [-0.05, 0) is 56.6 Å². The summed E-state index contributed by atoms with van der Waals surface area (Å²) in [5.74, 6) is 1.78. The molecule has 1 aliphatic heterocycles. The Morgan fingerprint density at radius 3 is 2.81 bits per heavy atom. The van der Waals surface area contributed by atoms with Gasteiger partial charge >= 0.3 is 6.03 Å². The number of urea groups is 1. The smallest absolute Gasteiger partial charge is 0.315 e. The van der Waals surface area contributed by atoms with Crippen molar-refractivity contribution in [3.05, 3.63) is 24.2 Å². The minimum atomic E-state index is -0.200. The van der Waals surface area contributed by atoms with Crippen LogP contribution in [0.2, 0.25) is 0 Å². The maximum atomic E-state index is 12.6. The van der Waals surface area contributed by atoms with E-state index >= 15 is 0 Å². The number of nitrogens with zero attached hydrogens (tertiary/aromatic N) is 1. The van der Waals surface area contributed by atoms with E-state index in [0.717, 1.165) is 37.5 Å². The Labute approximate surface area is 155 Å². The molecule has 1 saturated carbocycles. The number of piperidine rings is 1. The van der Waals surface area contributed by atoms with Gasteiger partial charge in [0, 0.05) is 25.6 Å². The highest BCUT2D eigenvalue weighted by Gasteiger charge is 2.35. The first-order valence-corrected chi connectivity index (χ1v) is 10.1. The second kappa shape index (κ2) is 9.64. The zero-order valence-corrected chi connectivity index (χ0v) is 15.5. The molecule has 6 nitrogen and oxygen atoms in total. The van der Waals surface area contributed by atoms with E-state index in [1.807, 2.05) is 6.07 Å². The monoisotopic (exact) mass is 361 g/mol. The van der Waals surface area contributed by atoms with Gasteiger partial charge < -0.3 is 20.0 Å². The highest BCUT2D eigenvalue weighted by Crippen LogP contribution is 2.35. The molecule has 2 aliphatic rings. The first kappa shape index (κ1) is 18.8. The number of likely N-dealkylation sites (tertiary alicyclic amines) is 1. The average Bonchev–Trinajstić information content (AvgIpc) is 3.19. The lowest BCUT2D eigenvalue weighted by atomic mass is 9.78. The minimum Gasteiger partial charge on any atom is -0.467 e. The quantitative estimate of drug-likeness (QED) is 0.731. The normalized spacial score (nSPS) is 22.5. The lowest BCUT2D eigenvalue weighted by molar-refractivity contribution is -0.137. The molecule has 1 saturated heterocycles. The molecule has 6 heteroatoms. The van der Waals surface area contributed by atoms with Gasteiger partial charge in [-0.2, -0.15) is 0 Å². The third-order valence-electron chi connectivity index (χ3n) is 5.67. The van der Waals surface area contributed by atoms with Gasteiger partial charge in [0.2, 0.25) is 5.91 Å². The Morgan fingerprint density at radius 2 is 1.96 bits per heavy atom. The number of amides is 3. The first-order chi connectivity index (χ1) is 12.7. The maximum Gasteiger partial charge on any atom is 0.315 e. The molecule has 1 aromatic rings. The van der Waals surface area contributed by atoms with Gasteiger partial charge in [0.25, 0.3) is 0 Å². The minimum absolute atomic E-state index is 0.200. The van der Waals surface area contributed by atoms with Crippen LogP contribution in [-0.4, -0.2) is 36.0 Å². The summed E-state index contributed by atoms with van der Waals surface area (Å²) < 4.78 is 5.16. The molecule has 2 fully saturated rings. The molecule has 1 aliphatic carbocycles. The summed E-state index contributed by atoms with van der Waals surface area (Å²) >= 11 is 0. The summed E-state index contributed by atoms with van der Waals surface area (Å²) in [4.78, 5) is 26.5. The molecule has 0 spiro atoms. The van der Waals surface area contributed by atoms with E-state index in [1.165, 1.54) is 32.1 Å². The largest absolute Gasteiger partial charge is 0.467 e. The van der Waals surface area contributed by atoms with Crippen molar-refractivity contribution in [3.8, 4) is 0 Å². The van der Waals surface area contributed by atoms with Crippen molar-refractivity contribution in [1.82, 2.24) is 15.5 Å². The van der Waals surface area contributed by atoms with Crippen molar-refractivity contribution in [2.24, 2.45) is 5.92 Å². The van der Waals surface area contributed by atoms with Crippen molar-refractivity contribution >= 4 is 11.9 Å². The van der Waals surface area contributed by atoms with Gasteiger partial charge in [0.1, 0.15) is 5.76 Å². The third-order valence-corrected chi connectivity index (χ3v) is 5.67. The van der Waals surface area contributed by atoms with Crippen LogP contribution in [-0.2, 0) is 11.3 Å². The summed E-state index contributed by atoms with van der Waals surface area (Å²) in [7, 11) is 0. The van der Waals surface area contributed by atoms with Crippen molar-refractivity contribution < 1.29 is 14.0 Å². The van der Waals surface area contributed by atoms with Crippen LogP contribution in [0.4, 0.5) is 4.79 Å². The average molecular weight is 361 g/mol. The molecular formula is C20H31N3O3. The zero-order valence-electron chi connectivity index (χ0n) is 15.5. The number of carbonyl (C=O) groups is 2. The molecule has 0 radical (unpaired) electrons. The number of unbranched alkanes of at least 4 members (excludes halogenated alkanes) is 1. The Morgan fingerprint density at radius 1 is 1.12 bits per heavy atom. The van der Waals surface area contributed by atoms with Crippen LogP contribution >= 0.6 is 0 Å². The molecular weight excluding hydrogens is 330 g/mol. The molecule has 2 unspecified atom stereocenters. The van der Waals surface area contributed by atoms with Crippen LogP contribution in [0.25, 0.3) is 0 Å². The van der Waals surface area contributed by atoms with Crippen LogP contribution < -0.4 is 10.6 Å². The van der Waals surface area contributed by atoms with Crippen molar-refractivity contribution in [2.45, 2.75) is 70.4 Å².